The summed E-state index contributed by atoms with van der Waals surface area (Å²) in [5.74, 6) is -0.465. The smallest absolute Gasteiger partial charge is 0.407 e. The zero-order valence-electron chi connectivity index (χ0n) is 21.7. The standard InChI is InChI=1S/C28H32ClN5O4/c1-28(2,3)38-27(37)33-15-18-9-10-21(29)13-19(18)16-32-25(35)24-8-6-12-34(24)26(36)23-14-20(17-31-23)22-7-4-5-11-30-22/h4-5,7,9-11,13-14,17,24,31H,6,8,12,15-16H2,1-3H3,(H,32,35)(H,33,37)/t24-/m0/s1. The molecule has 0 bridgehead atoms. The second-order valence-electron chi connectivity index (χ2n) is 10.2. The lowest BCUT2D eigenvalue weighted by Crippen LogP contribution is -2.45. The van der Waals surface area contributed by atoms with Crippen molar-refractivity contribution < 1.29 is 19.1 Å². The van der Waals surface area contributed by atoms with Crippen molar-refractivity contribution in [1.82, 2.24) is 25.5 Å². The third-order valence-electron chi connectivity index (χ3n) is 6.13. The van der Waals surface area contributed by atoms with Gasteiger partial charge in [-0.1, -0.05) is 23.7 Å². The van der Waals surface area contributed by atoms with E-state index in [9.17, 15) is 14.4 Å². The van der Waals surface area contributed by atoms with E-state index in [1.807, 2.05) is 18.2 Å². The van der Waals surface area contributed by atoms with Crippen LogP contribution in [0.15, 0.2) is 54.9 Å². The molecule has 1 fully saturated rings. The van der Waals surface area contributed by atoms with Crippen LogP contribution in [0.1, 0.15) is 55.2 Å². The highest BCUT2D eigenvalue weighted by Gasteiger charge is 2.35. The summed E-state index contributed by atoms with van der Waals surface area (Å²) < 4.78 is 5.30. The van der Waals surface area contributed by atoms with E-state index in [0.29, 0.717) is 23.7 Å². The highest BCUT2D eigenvalue weighted by atomic mass is 35.5. The fourth-order valence-corrected chi connectivity index (χ4v) is 4.54. The van der Waals surface area contributed by atoms with Crippen molar-refractivity contribution in [3.8, 4) is 11.3 Å². The van der Waals surface area contributed by atoms with Gasteiger partial charge in [0.2, 0.25) is 5.91 Å². The number of hydrogen-bond donors (Lipinski definition) is 3. The second kappa shape index (κ2) is 11.7. The second-order valence-corrected chi connectivity index (χ2v) is 10.6. The molecule has 1 atom stereocenters. The Labute approximate surface area is 226 Å². The van der Waals surface area contributed by atoms with Crippen molar-refractivity contribution in [2.45, 2.75) is 58.3 Å². The Morgan fingerprint density at radius 3 is 2.63 bits per heavy atom. The molecule has 3 N–H and O–H groups in total. The van der Waals surface area contributed by atoms with Gasteiger partial charge in [-0.3, -0.25) is 14.6 Å². The molecule has 3 amide bonds. The molecule has 10 heteroatoms. The van der Waals surface area contributed by atoms with Crippen molar-refractivity contribution in [1.29, 1.82) is 0 Å². The van der Waals surface area contributed by atoms with E-state index in [4.69, 9.17) is 16.3 Å². The number of benzene rings is 1. The molecule has 9 nitrogen and oxygen atoms in total. The summed E-state index contributed by atoms with van der Waals surface area (Å²) >= 11 is 6.20. The first kappa shape index (κ1) is 27.2. The zero-order chi connectivity index (χ0) is 27.3. The molecule has 200 valence electrons. The molecule has 3 aromatic rings. The number of hydrogen-bond acceptors (Lipinski definition) is 5. The van der Waals surface area contributed by atoms with Gasteiger partial charge in [0.15, 0.2) is 0 Å². The molecule has 3 heterocycles. The number of alkyl carbamates (subject to hydrolysis) is 1. The number of amides is 3. The Morgan fingerprint density at radius 2 is 1.89 bits per heavy atom. The SMILES string of the molecule is CC(C)(C)OC(=O)NCc1ccc(Cl)cc1CNC(=O)[C@@H]1CCCN1C(=O)c1cc(-c2ccccn2)c[nH]1. The number of halogens is 1. The summed E-state index contributed by atoms with van der Waals surface area (Å²) in [4.78, 5) is 47.4. The van der Waals surface area contributed by atoms with Gasteiger partial charge in [0.05, 0.1) is 5.69 Å². The van der Waals surface area contributed by atoms with Crippen molar-refractivity contribution in [2.24, 2.45) is 0 Å². The molecule has 38 heavy (non-hydrogen) atoms. The summed E-state index contributed by atoms with van der Waals surface area (Å²) in [7, 11) is 0. The number of nitrogens with one attached hydrogen (secondary N) is 3. The van der Waals surface area contributed by atoms with Crippen LogP contribution in [-0.4, -0.2) is 51.0 Å². The first-order valence-electron chi connectivity index (χ1n) is 12.5. The van der Waals surface area contributed by atoms with Gasteiger partial charge in [0, 0.05) is 42.6 Å². The number of pyridine rings is 1. The highest BCUT2D eigenvalue weighted by Crippen LogP contribution is 2.24. The third kappa shape index (κ3) is 6.92. The van der Waals surface area contributed by atoms with E-state index in [1.165, 1.54) is 0 Å². The predicted molar refractivity (Wildman–Crippen MR) is 144 cm³/mol. The predicted octanol–water partition coefficient (Wildman–Crippen LogP) is 4.68. The summed E-state index contributed by atoms with van der Waals surface area (Å²) in [5, 5.41) is 6.20. The average Bonchev–Trinajstić information content (AvgIpc) is 3.56. The van der Waals surface area contributed by atoms with Crippen LogP contribution in [0.2, 0.25) is 5.02 Å². The molecule has 1 saturated heterocycles. The minimum absolute atomic E-state index is 0.204. The van der Waals surface area contributed by atoms with E-state index >= 15 is 0 Å². The number of rotatable bonds is 7. The highest BCUT2D eigenvalue weighted by molar-refractivity contribution is 6.30. The largest absolute Gasteiger partial charge is 0.444 e. The fraction of sp³-hybridized carbons (Fsp3) is 0.357. The van der Waals surface area contributed by atoms with E-state index in [-0.39, 0.29) is 24.9 Å². The van der Waals surface area contributed by atoms with Gasteiger partial charge >= 0.3 is 6.09 Å². The van der Waals surface area contributed by atoms with Crippen molar-refractivity contribution in [2.75, 3.05) is 6.54 Å². The zero-order valence-corrected chi connectivity index (χ0v) is 22.5. The lowest BCUT2D eigenvalue weighted by Gasteiger charge is -2.24. The molecule has 0 radical (unpaired) electrons. The monoisotopic (exact) mass is 537 g/mol. The van der Waals surface area contributed by atoms with Gasteiger partial charge in [0.1, 0.15) is 17.3 Å². The van der Waals surface area contributed by atoms with Crippen LogP contribution in [0.5, 0.6) is 0 Å². The Morgan fingerprint density at radius 1 is 1.11 bits per heavy atom. The van der Waals surface area contributed by atoms with Crippen LogP contribution < -0.4 is 10.6 Å². The topological polar surface area (TPSA) is 116 Å². The van der Waals surface area contributed by atoms with Crippen LogP contribution in [0.4, 0.5) is 4.79 Å². The maximum atomic E-state index is 13.3. The summed E-state index contributed by atoms with van der Waals surface area (Å²) in [6, 6.07) is 12.1. The Kier molecular flexibility index (Phi) is 8.36. The summed E-state index contributed by atoms with van der Waals surface area (Å²) in [5.41, 5.74) is 2.94. The van der Waals surface area contributed by atoms with Gasteiger partial charge in [0.25, 0.3) is 5.91 Å². The molecule has 0 saturated carbocycles. The third-order valence-corrected chi connectivity index (χ3v) is 6.37. The first-order chi connectivity index (χ1) is 18.1. The number of aromatic nitrogens is 2. The Hall–Kier alpha value is -3.85. The first-order valence-corrected chi connectivity index (χ1v) is 12.9. The normalized spacial score (nSPS) is 15.3. The molecule has 0 aliphatic carbocycles. The number of aromatic amines is 1. The minimum atomic E-state index is -0.606. The van der Waals surface area contributed by atoms with Crippen molar-refractivity contribution >= 4 is 29.5 Å². The number of carbonyl (C=O) groups is 3. The van der Waals surface area contributed by atoms with Gasteiger partial charge < -0.3 is 25.3 Å². The quantitative estimate of drug-likeness (QED) is 0.405. The molecular weight excluding hydrogens is 506 g/mol. The number of likely N-dealkylation sites (tertiary alicyclic amines) is 1. The van der Waals surface area contributed by atoms with Gasteiger partial charge in [-0.2, -0.15) is 0 Å². The number of ether oxygens (including phenoxy) is 1. The summed E-state index contributed by atoms with van der Waals surface area (Å²) in [6.45, 7) is 6.30. The van der Waals surface area contributed by atoms with Crippen molar-refractivity contribution in [3.63, 3.8) is 0 Å². The number of carbonyl (C=O) groups excluding carboxylic acids is 3. The molecule has 4 rings (SSSR count). The molecule has 0 spiro atoms. The minimum Gasteiger partial charge on any atom is -0.444 e. The fourth-order valence-electron chi connectivity index (χ4n) is 4.35. The van der Waals surface area contributed by atoms with Gasteiger partial charge in [-0.05, 0) is 75.1 Å². The van der Waals surface area contributed by atoms with Gasteiger partial charge in [-0.15, -0.1) is 0 Å². The molecule has 0 unspecified atom stereocenters. The van der Waals surface area contributed by atoms with E-state index in [1.54, 1.807) is 62.3 Å². The molecular formula is C28H32ClN5O4. The maximum absolute atomic E-state index is 13.3. The molecule has 2 aromatic heterocycles. The van der Waals surface area contributed by atoms with Crippen LogP contribution in [0.25, 0.3) is 11.3 Å². The van der Waals surface area contributed by atoms with E-state index < -0.39 is 17.7 Å². The molecule has 1 aliphatic rings. The van der Waals surface area contributed by atoms with Crippen LogP contribution >= 0.6 is 11.6 Å². The van der Waals surface area contributed by atoms with E-state index in [2.05, 4.69) is 20.6 Å². The summed E-state index contributed by atoms with van der Waals surface area (Å²) in [6.07, 6.45) is 4.22. The maximum Gasteiger partial charge on any atom is 0.407 e. The van der Waals surface area contributed by atoms with E-state index in [0.717, 1.165) is 28.8 Å². The Bertz CT molecular complexity index is 1300. The Balaban J connectivity index is 1.39. The average molecular weight is 538 g/mol. The van der Waals surface area contributed by atoms with Crippen LogP contribution in [-0.2, 0) is 22.6 Å². The molecule has 1 aromatic carbocycles. The van der Waals surface area contributed by atoms with Crippen molar-refractivity contribution in [3.05, 3.63) is 76.7 Å². The van der Waals surface area contributed by atoms with Crippen LogP contribution in [0.3, 0.4) is 0 Å². The number of nitrogens with zero attached hydrogens (tertiary/aromatic N) is 2. The molecule has 1 aliphatic heterocycles. The lowest BCUT2D eigenvalue weighted by atomic mass is 10.1. The van der Waals surface area contributed by atoms with Gasteiger partial charge in [-0.25, -0.2) is 4.79 Å². The number of H-pyrrole nitrogens is 1. The lowest BCUT2D eigenvalue weighted by molar-refractivity contribution is -0.125. The van der Waals surface area contributed by atoms with Crippen LogP contribution in [0, 0.1) is 0 Å².